The van der Waals surface area contributed by atoms with Crippen LogP contribution in [-0.2, 0) is 0 Å². The lowest BCUT2D eigenvalue weighted by molar-refractivity contribution is 0.137. The highest BCUT2D eigenvalue weighted by Gasteiger charge is 2.34. The van der Waals surface area contributed by atoms with Crippen LogP contribution in [-0.4, -0.2) is 18.2 Å². The second kappa shape index (κ2) is 5.77. The molecule has 5 rings (SSSR count). The molecule has 5 heteroatoms. The molecule has 1 N–H and O–H groups in total. The van der Waals surface area contributed by atoms with E-state index in [1.807, 2.05) is 18.2 Å². The normalized spacial score (nSPS) is 25.4. The molecule has 5 nitrogen and oxygen atoms in total. The van der Waals surface area contributed by atoms with Crippen LogP contribution in [0.15, 0.2) is 56.3 Å². The molecular weight excluding hydrogens is 318 g/mol. The molecule has 2 fully saturated rings. The molecule has 0 aliphatic carbocycles. The van der Waals surface area contributed by atoms with Crippen molar-refractivity contribution in [3.05, 3.63) is 53.1 Å². The van der Waals surface area contributed by atoms with Gasteiger partial charge in [0.1, 0.15) is 28.8 Å². The van der Waals surface area contributed by atoms with Crippen LogP contribution in [0.25, 0.3) is 22.3 Å². The van der Waals surface area contributed by atoms with E-state index in [2.05, 4.69) is 5.32 Å². The van der Waals surface area contributed by atoms with Gasteiger partial charge in [-0.15, -0.1) is 0 Å². The smallest absolute Gasteiger partial charge is 0.347 e. The topological polar surface area (TPSA) is 64.6 Å². The summed E-state index contributed by atoms with van der Waals surface area (Å²) < 4.78 is 17.0. The average Bonchev–Trinajstić information content (AvgIpc) is 3.24. The summed E-state index contributed by atoms with van der Waals surface area (Å²) in [6.07, 6.45) is 6.33. The van der Waals surface area contributed by atoms with E-state index >= 15 is 0 Å². The monoisotopic (exact) mass is 337 g/mol. The highest BCUT2D eigenvalue weighted by molar-refractivity contribution is 5.81. The number of hydrogen-bond donors (Lipinski definition) is 1. The summed E-state index contributed by atoms with van der Waals surface area (Å²) in [4.78, 5) is 12.3. The second-order valence-corrected chi connectivity index (χ2v) is 6.97. The lowest BCUT2D eigenvalue weighted by Gasteiger charge is -2.29. The van der Waals surface area contributed by atoms with Crippen molar-refractivity contribution >= 4 is 11.0 Å². The molecule has 0 radical (unpaired) electrons. The predicted octanol–water partition coefficient (Wildman–Crippen LogP) is 3.71. The molecule has 4 heterocycles. The first-order chi connectivity index (χ1) is 12.2. The van der Waals surface area contributed by atoms with Crippen LogP contribution in [0.1, 0.15) is 25.7 Å². The molecule has 1 unspecified atom stereocenters. The van der Waals surface area contributed by atoms with Crippen molar-refractivity contribution in [3.8, 4) is 17.1 Å². The third-order valence-corrected chi connectivity index (χ3v) is 5.23. The Morgan fingerprint density at radius 3 is 2.68 bits per heavy atom. The average molecular weight is 337 g/mol. The van der Waals surface area contributed by atoms with Gasteiger partial charge in [-0.1, -0.05) is 0 Å². The zero-order chi connectivity index (χ0) is 16.8. The molecule has 0 amide bonds. The minimum Gasteiger partial charge on any atom is -0.490 e. The molecule has 2 saturated heterocycles. The fourth-order valence-electron chi connectivity index (χ4n) is 4.06. The van der Waals surface area contributed by atoms with E-state index in [1.165, 1.54) is 12.8 Å². The lowest BCUT2D eigenvalue weighted by atomic mass is 10.0. The van der Waals surface area contributed by atoms with Gasteiger partial charge in [-0.25, -0.2) is 4.79 Å². The van der Waals surface area contributed by atoms with E-state index in [-0.39, 0.29) is 6.10 Å². The van der Waals surface area contributed by atoms with Crippen molar-refractivity contribution in [1.29, 1.82) is 0 Å². The van der Waals surface area contributed by atoms with Crippen LogP contribution in [0, 0.1) is 0 Å². The summed E-state index contributed by atoms with van der Waals surface area (Å²) in [5, 5.41) is 4.46. The van der Waals surface area contributed by atoms with Gasteiger partial charge in [0.15, 0.2) is 0 Å². The van der Waals surface area contributed by atoms with Crippen LogP contribution < -0.4 is 15.7 Å². The first-order valence-corrected chi connectivity index (χ1v) is 8.79. The maximum absolute atomic E-state index is 12.3. The minimum absolute atomic E-state index is 0.227. The van der Waals surface area contributed by atoms with Gasteiger partial charge in [0, 0.05) is 23.5 Å². The third-order valence-electron chi connectivity index (χ3n) is 5.23. The number of rotatable bonds is 3. The first-order valence-electron chi connectivity index (χ1n) is 8.79. The number of fused-ring (bicyclic) bond motifs is 3. The fourth-order valence-corrected chi connectivity index (χ4v) is 4.06. The number of furan rings is 1. The molecule has 3 aromatic rings. The van der Waals surface area contributed by atoms with Crippen molar-refractivity contribution in [2.75, 3.05) is 0 Å². The first kappa shape index (κ1) is 14.8. The third kappa shape index (κ3) is 2.74. The molecule has 0 saturated carbocycles. The molecular formula is C20H19NO4. The van der Waals surface area contributed by atoms with Crippen LogP contribution in [0.3, 0.4) is 0 Å². The largest absolute Gasteiger partial charge is 0.490 e. The molecule has 1 aromatic carbocycles. The summed E-state index contributed by atoms with van der Waals surface area (Å²) in [6, 6.07) is 12.1. The Bertz CT molecular complexity index is 947. The molecule has 128 valence electrons. The Balaban J connectivity index is 1.44. The fraction of sp³-hybridized carbons (Fsp3) is 0.350. The molecule has 2 aromatic heterocycles. The minimum atomic E-state index is -0.403. The molecule has 0 spiro atoms. The van der Waals surface area contributed by atoms with Crippen molar-refractivity contribution in [2.45, 2.75) is 43.9 Å². The van der Waals surface area contributed by atoms with Gasteiger partial charge in [0.2, 0.25) is 0 Å². The highest BCUT2D eigenvalue weighted by atomic mass is 16.5. The number of nitrogens with one attached hydrogen (secondary N) is 1. The maximum atomic E-state index is 12.3. The van der Waals surface area contributed by atoms with E-state index in [1.54, 1.807) is 24.5 Å². The van der Waals surface area contributed by atoms with Crippen molar-refractivity contribution in [2.24, 2.45) is 0 Å². The standard InChI is InChI=1S/C20H19NO4/c22-20-17(18-2-1-7-23-18)8-12-3-6-15(11-19(12)25-20)24-16-9-13-4-5-14(10-16)21-13/h1-3,6-8,11,13-14,16,21H,4-5,9-10H2/t13-,14+,16?. The maximum Gasteiger partial charge on any atom is 0.347 e. The van der Waals surface area contributed by atoms with Crippen molar-refractivity contribution in [1.82, 2.24) is 5.32 Å². The van der Waals surface area contributed by atoms with Gasteiger partial charge in [0.25, 0.3) is 0 Å². The van der Waals surface area contributed by atoms with Crippen molar-refractivity contribution < 1.29 is 13.6 Å². The number of piperidine rings is 1. The van der Waals surface area contributed by atoms with Crippen LogP contribution in [0.2, 0.25) is 0 Å². The lowest BCUT2D eigenvalue weighted by Crippen LogP contribution is -2.42. The van der Waals surface area contributed by atoms with Gasteiger partial charge in [-0.05, 0) is 56.0 Å². The highest BCUT2D eigenvalue weighted by Crippen LogP contribution is 2.31. The zero-order valence-electron chi connectivity index (χ0n) is 13.7. The van der Waals surface area contributed by atoms with Crippen molar-refractivity contribution in [3.63, 3.8) is 0 Å². The summed E-state index contributed by atoms with van der Waals surface area (Å²) in [6.45, 7) is 0. The molecule has 2 aliphatic rings. The van der Waals surface area contributed by atoms with Crippen LogP contribution in [0.4, 0.5) is 0 Å². The predicted molar refractivity (Wildman–Crippen MR) is 93.8 cm³/mol. The van der Waals surface area contributed by atoms with Gasteiger partial charge < -0.3 is 18.9 Å². The number of benzene rings is 1. The number of ether oxygens (including phenoxy) is 1. The van der Waals surface area contributed by atoms with Crippen LogP contribution in [0.5, 0.6) is 5.75 Å². The zero-order valence-corrected chi connectivity index (χ0v) is 13.7. The Hall–Kier alpha value is -2.53. The Morgan fingerprint density at radius 2 is 1.92 bits per heavy atom. The molecule has 2 aliphatic heterocycles. The van der Waals surface area contributed by atoms with E-state index in [0.717, 1.165) is 24.0 Å². The SMILES string of the molecule is O=c1oc2cc(OC3C[C@H]4CC[C@@H](C3)N4)ccc2cc1-c1ccco1. The molecule has 25 heavy (non-hydrogen) atoms. The second-order valence-electron chi connectivity index (χ2n) is 6.97. The number of hydrogen-bond acceptors (Lipinski definition) is 5. The van der Waals surface area contributed by atoms with Crippen LogP contribution >= 0.6 is 0 Å². The summed E-state index contributed by atoms with van der Waals surface area (Å²) in [5.74, 6) is 1.27. The van der Waals surface area contributed by atoms with E-state index < -0.39 is 5.63 Å². The summed E-state index contributed by atoms with van der Waals surface area (Å²) in [5.41, 5.74) is 0.565. The molecule has 3 atom stereocenters. The Morgan fingerprint density at radius 1 is 1.08 bits per heavy atom. The Kier molecular flexibility index (Phi) is 3.41. The van der Waals surface area contributed by atoms with Gasteiger partial charge >= 0.3 is 5.63 Å². The van der Waals surface area contributed by atoms with E-state index in [9.17, 15) is 4.79 Å². The molecule has 2 bridgehead atoms. The van der Waals surface area contributed by atoms with E-state index in [4.69, 9.17) is 13.6 Å². The van der Waals surface area contributed by atoms with Gasteiger partial charge in [-0.3, -0.25) is 0 Å². The quantitative estimate of drug-likeness (QED) is 0.738. The Labute approximate surface area is 144 Å². The van der Waals surface area contributed by atoms with Gasteiger partial charge in [0.05, 0.1) is 6.26 Å². The van der Waals surface area contributed by atoms with E-state index in [0.29, 0.717) is 29.0 Å². The summed E-state index contributed by atoms with van der Waals surface area (Å²) >= 11 is 0. The summed E-state index contributed by atoms with van der Waals surface area (Å²) in [7, 11) is 0. The van der Waals surface area contributed by atoms with Gasteiger partial charge in [-0.2, -0.15) is 0 Å².